The number of hydrogen-bond acceptors (Lipinski definition) is 1. The van der Waals surface area contributed by atoms with Crippen molar-refractivity contribution in [1.29, 1.82) is 0 Å². The van der Waals surface area contributed by atoms with Crippen LogP contribution in [0.2, 0.25) is 0 Å². The predicted molar refractivity (Wildman–Crippen MR) is 412 cm³/mol. The van der Waals surface area contributed by atoms with E-state index in [0.29, 0.717) is 0 Å². The zero-order chi connectivity index (χ0) is 69.6. The number of halogens is 57. The molecule has 0 radical (unpaired) electrons. The molecule has 0 heterocycles. The summed E-state index contributed by atoms with van der Waals surface area (Å²) in [5.74, 6) is 0. The summed E-state index contributed by atoms with van der Waals surface area (Å²) in [7, 11) is 0. The van der Waals surface area contributed by atoms with Gasteiger partial charge in [0.25, 0.3) is 0 Å². The van der Waals surface area contributed by atoms with E-state index in [1.54, 1.807) is 0 Å². The Hall–Kier alpha value is 16.5. The van der Waals surface area contributed by atoms with Gasteiger partial charge in [-0.05, 0) is 0 Å². The van der Waals surface area contributed by atoms with E-state index in [1.807, 2.05) is 0 Å². The molecule has 58 heteroatoms. The van der Waals surface area contributed by atoms with Gasteiger partial charge in [-0.2, -0.15) is 0 Å². The molecule has 1 nitrogen and oxygen atoms in total. The smallest absolute Gasteiger partial charge is 0.213 e. The molecule has 0 saturated heterocycles. The maximum atomic E-state index is 8.01. The third-order valence-electron chi connectivity index (χ3n) is 0.179. The van der Waals surface area contributed by atoms with E-state index in [0.717, 1.165) is 0 Å². The van der Waals surface area contributed by atoms with Crippen LogP contribution in [0.3, 0.4) is 0 Å². The summed E-state index contributed by atoms with van der Waals surface area (Å²) >= 11 is 274. The van der Waals surface area contributed by atoms with Crippen LogP contribution in [0.4, 0.5) is 0 Å². The standard InChI is InChI=1S/C2H3Cl3O.18CHCl3/c3-2(4,5)1-6;18*2-1(3)4/h6H,1H2;18*1H. The molecule has 0 aromatic carbocycles. The molecule has 0 amide bonds. The Bertz CT molecular complexity index is 475. The maximum absolute atomic E-state index is 8.01. The summed E-state index contributed by atoms with van der Waals surface area (Å²) in [5, 5.41) is 8.01. The van der Waals surface area contributed by atoms with Crippen molar-refractivity contribution in [3.63, 3.8) is 0 Å². The molecule has 1 N–H and O–H groups in total. The van der Waals surface area contributed by atoms with E-state index in [2.05, 4.69) is 0 Å². The summed E-state index contributed by atoms with van der Waals surface area (Å²) in [6.45, 7) is -0.433. The summed E-state index contributed by atoms with van der Waals surface area (Å²) in [6, 6.07) is 0. The van der Waals surface area contributed by atoms with Crippen molar-refractivity contribution in [2.24, 2.45) is 0 Å². The monoisotopic (exact) mass is 2270 g/mol. The Balaban J connectivity index is -0.0000000277. The molecule has 0 aromatic heterocycles. The van der Waals surface area contributed by atoms with Crippen LogP contribution in [-0.4, -0.2) is 92.8 Å². The van der Waals surface area contributed by atoms with E-state index in [9.17, 15) is 0 Å². The molecule has 0 atom stereocenters. The van der Waals surface area contributed by atoms with Gasteiger partial charge >= 0.3 is 0 Å². The Morgan fingerprint density at radius 1 is 0.141 bits per heavy atom. The SMILES string of the molecule is ClC(Cl)Cl.ClC(Cl)Cl.ClC(Cl)Cl.ClC(Cl)Cl.ClC(Cl)Cl.ClC(Cl)Cl.ClC(Cl)Cl.ClC(Cl)Cl.ClC(Cl)Cl.ClC(Cl)Cl.ClC(Cl)Cl.ClC(Cl)Cl.ClC(Cl)Cl.ClC(Cl)Cl.ClC(Cl)Cl.ClC(Cl)Cl.ClC(Cl)Cl.ClC(Cl)Cl.OCC(Cl)(Cl)Cl. The van der Waals surface area contributed by atoms with Crippen LogP contribution in [0, 0.1) is 0 Å². The Morgan fingerprint density at radius 3 is 0.154 bits per heavy atom. The third-order valence-corrected chi connectivity index (χ3v) is 0.538. The third kappa shape index (κ3) is 2040. The molecule has 0 aliphatic heterocycles. The number of aliphatic hydroxyl groups is 1. The van der Waals surface area contributed by atoms with Gasteiger partial charge in [-0.1, -0.05) is 661 Å². The normalized spacial score (nSPS) is 9.23. The van der Waals surface area contributed by atoms with E-state index >= 15 is 0 Å². The highest BCUT2D eigenvalue weighted by atomic mass is 35.6. The molecule has 0 bridgehead atoms. The summed E-state index contributed by atoms with van der Waals surface area (Å²) < 4.78 is -15.0. The molecule has 0 unspecified atom stereocenters. The quantitative estimate of drug-likeness (QED) is 0.240. The number of rotatable bonds is 0. The lowest BCUT2D eigenvalue weighted by atomic mass is 10.9. The van der Waals surface area contributed by atoms with Crippen LogP contribution in [0.25, 0.3) is 0 Å². The average Bonchev–Trinajstić information content (AvgIpc) is 3.00. The minimum absolute atomic E-state index is 0.433. The van der Waals surface area contributed by atoms with Crippen LogP contribution in [0.15, 0.2) is 0 Å². The Kier molecular flexibility index (Phi) is 247. The zero-order valence-electron chi connectivity index (χ0n) is 33.6. The minimum Gasteiger partial charge on any atom is -0.392 e. The lowest BCUT2D eigenvalue weighted by Gasteiger charge is -2.01. The van der Waals surface area contributed by atoms with Gasteiger partial charge in [0.2, 0.25) is 3.79 Å². The first-order valence-electron chi connectivity index (χ1n) is 13.0. The fourth-order valence-corrected chi connectivity index (χ4v) is 0. The van der Waals surface area contributed by atoms with Gasteiger partial charge in [0.05, 0.1) is 6.61 Å². The molecule has 0 rings (SSSR count). The second-order valence-electron chi connectivity index (χ2n) is 5.23. The molecule has 0 saturated carbocycles. The fourth-order valence-electron chi connectivity index (χ4n) is 0. The second-order valence-corrected chi connectivity index (χ2v) is 43.4. The van der Waals surface area contributed by atoms with E-state index in [4.69, 9.17) is 666 Å². The summed E-state index contributed by atoms with van der Waals surface area (Å²) in [5.41, 5.74) is 0. The van der Waals surface area contributed by atoms with Gasteiger partial charge in [0.15, 0.2) is 77.3 Å². The lowest BCUT2D eigenvalue weighted by molar-refractivity contribution is 0.303. The van der Waals surface area contributed by atoms with E-state index in [1.165, 1.54) is 0 Å². The number of alkyl halides is 57. The van der Waals surface area contributed by atoms with Gasteiger partial charge in [0.1, 0.15) is 0 Å². The van der Waals surface area contributed by atoms with Crippen LogP contribution >= 0.6 is 661 Å². The van der Waals surface area contributed by atoms with E-state index in [-0.39, 0.29) is 0 Å². The van der Waals surface area contributed by atoms with Crippen LogP contribution < -0.4 is 0 Å². The molecule has 0 aliphatic rings. The van der Waals surface area contributed by atoms with Crippen molar-refractivity contribution in [2.75, 3.05) is 6.61 Å². The molecule has 0 aliphatic carbocycles. The van der Waals surface area contributed by atoms with Crippen LogP contribution in [0.1, 0.15) is 0 Å². The van der Waals surface area contributed by atoms with Crippen LogP contribution in [0.5, 0.6) is 0 Å². The molecular formula is C20H21Cl57O. The minimum atomic E-state index is -1.49. The molecule has 506 valence electrons. The largest absolute Gasteiger partial charge is 0.392 e. The van der Waals surface area contributed by atoms with Crippen molar-refractivity contribution in [3.8, 4) is 0 Å². The second kappa shape index (κ2) is 133. The molecular weight excluding hydrogens is 2280 g/mol. The summed E-state index contributed by atoms with van der Waals surface area (Å²) in [6.07, 6.45) is 0. The van der Waals surface area contributed by atoms with Crippen molar-refractivity contribution in [1.82, 2.24) is 0 Å². The van der Waals surface area contributed by atoms with Gasteiger partial charge < -0.3 is 5.11 Å². The molecule has 0 spiro atoms. The van der Waals surface area contributed by atoms with Crippen molar-refractivity contribution >= 4 is 661 Å². The van der Waals surface area contributed by atoms with Gasteiger partial charge in [0, 0.05) is 0 Å². The number of hydrogen-bond donors (Lipinski definition) is 1. The van der Waals surface area contributed by atoms with Crippen molar-refractivity contribution in [3.05, 3.63) is 0 Å². The van der Waals surface area contributed by atoms with Crippen molar-refractivity contribution in [2.45, 2.75) is 81.1 Å². The first-order chi connectivity index (χ1) is 33.7. The fraction of sp³-hybridized carbons (Fsp3) is 1.00. The van der Waals surface area contributed by atoms with E-state index < -0.39 is 87.7 Å². The Morgan fingerprint density at radius 2 is 0.154 bits per heavy atom. The first-order valence-corrected chi connectivity index (χ1v) is 37.7. The zero-order valence-corrected chi connectivity index (χ0v) is 76.7. The van der Waals surface area contributed by atoms with Crippen LogP contribution in [-0.2, 0) is 0 Å². The van der Waals surface area contributed by atoms with Gasteiger partial charge in [-0.25, -0.2) is 0 Å². The van der Waals surface area contributed by atoms with Gasteiger partial charge in [-0.15, -0.1) is 0 Å². The average molecular weight is 2300 g/mol. The molecule has 78 heavy (non-hydrogen) atoms. The Labute approximate surface area is 740 Å². The molecule has 0 fully saturated rings. The molecule has 0 aromatic rings. The highest BCUT2D eigenvalue weighted by molar-refractivity contribution is 6.70. The highest BCUT2D eigenvalue weighted by Gasteiger charge is 2.16. The predicted octanol–water partition coefficient (Wildman–Crippen LogP) is 37.1. The topological polar surface area (TPSA) is 20.2 Å². The highest BCUT2D eigenvalue weighted by Crippen LogP contribution is 2.24. The number of aliphatic hydroxyl groups excluding tert-OH is 1. The van der Waals surface area contributed by atoms with Crippen molar-refractivity contribution < 1.29 is 5.11 Å². The first kappa shape index (κ1) is 145. The maximum Gasteiger partial charge on any atom is 0.213 e. The lowest BCUT2D eigenvalue weighted by Crippen LogP contribution is -2.06. The van der Waals surface area contributed by atoms with Gasteiger partial charge in [-0.3, -0.25) is 0 Å². The summed E-state index contributed by atoms with van der Waals surface area (Å²) in [4.78, 5) is 0.